The van der Waals surface area contributed by atoms with Crippen molar-refractivity contribution in [3.63, 3.8) is 0 Å². The van der Waals surface area contributed by atoms with Crippen LogP contribution in [0.25, 0.3) is 0 Å². The number of fused-ring (bicyclic) bond motifs is 1. The molecule has 3 nitrogen and oxygen atoms in total. The van der Waals surface area contributed by atoms with Crippen molar-refractivity contribution in [2.45, 2.75) is 25.3 Å². The van der Waals surface area contributed by atoms with Gasteiger partial charge in [0.25, 0.3) is 0 Å². The molecule has 1 atom stereocenters. The standard InChI is InChI=1S/C17H17IN2O/c18-14-5-1-4-12(10-14)17(19)13-7-8-15-11(9-13)3-2-6-16(21)20-15/h1,4-5,7-10,17H,2-3,6,19H2,(H,20,21). The Morgan fingerprint density at radius 3 is 2.71 bits per heavy atom. The highest BCUT2D eigenvalue weighted by Crippen LogP contribution is 2.28. The maximum absolute atomic E-state index is 11.6. The van der Waals surface area contributed by atoms with E-state index in [-0.39, 0.29) is 11.9 Å². The number of hydrogen-bond donors (Lipinski definition) is 2. The second-order valence-electron chi connectivity index (χ2n) is 5.35. The Morgan fingerprint density at radius 2 is 1.90 bits per heavy atom. The second-order valence-corrected chi connectivity index (χ2v) is 6.60. The fraction of sp³-hybridized carbons (Fsp3) is 0.235. The van der Waals surface area contributed by atoms with Crippen molar-refractivity contribution in [2.75, 3.05) is 5.32 Å². The molecule has 0 fully saturated rings. The van der Waals surface area contributed by atoms with Gasteiger partial charge >= 0.3 is 0 Å². The summed E-state index contributed by atoms with van der Waals surface area (Å²) >= 11 is 2.30. The fourth-order valence-electron chi connectivity index (χ4n) is 2.68. The minimum absolute atomic E-state index is 0.100. The summed E-state index contributed by atoms with van der Waals surface area (Å²) < 4.78 is 1.18. The Morgan fingerprint density at radius 1 is 1.10 bits per heavy atom. The summed E-state index contributed by atoms with van der Waals surface area (Å²) in [6.45, 7) is 0. The maximum atomic E-state index is 11.6. The maximum Gasteiger partial charge on any atom is 0.224 e. The summed E-state index contributed by atoms with van der Waals surface area (Å²) in [4.78, 5) is 11.6. The van der Waals surface area contributed by atoms with Gasteiger partial charge in [-0.2, -0.15) is 0 Å². The zero-order valence-electron chi connectivity index (χ0n) is 11.6. The molecule has 1 aliphatic heterocycles. The van der Waals surface area contributed by atoms with E-state index < -0.39 is 0 Å². The van der Waals surface area contributed by atoms with Crippen molar-refractivity contribution >= 4 is 34.2 Å². The smallest absolute Gasteiger partial charge is 0.224 e. The van der Waals surface area contributed by atoms with Crippen LogP contribution in [0.2, 0.25) is 0 Å². The highest BCUT2D eigenvalue weighted by Gasteiger charge is 2.16. The highest BCUT2D eigenvalue weighted by molar-refractivity contribution is 14.1. The summed E-state index contributed by atoms with van der Waals surface area (Å²) in [6.07, 6.45) is 2.40. The molecule has 3 N–H and O–H groups in total. The van der Waals surface area contributed by atoms with Crippen LogP contribution in [0.5, 0.6) is 0 Å². The van der Waals surface area contributed by atoms with Gasteiger partial charge in [0, 0.05) is 15.7 Å². The first-order chi connectivity index (χ1) is 10.1. The Hall–Kier alpha value is -1.40. The minimum Gasteiger partial charge on any atom is -0.326 e. The molecule has 0 saturated carbocycles. The second kappa shape index (κ2) is 6.15. The molecule has 21 heavy (non-hydrogen) atoms. The number of halogens is 1. The predicted octanol–water partition coefficient (Wildman–Crippen LogP) is 3.61. The lowest BCUT2D eigenvalue weighted by molar-refractivity contribution is -0.116. The van der Waals surface area contributed by atoms with E-state index >= 15 is 0 Å². The van der Waals surface area contributed by atoms with E-state index in [4.69, 9.17) is 5.73 Å². The summed E-state index contributed by atoms with van der Waals surface area (Å²) in [6, 6.07) is 14.2. The van der Waals surface area contributed by atoms with Gasteiger partial charge in [0.1, 0.15) is 0 Å². The molecule has 0 bridgehead atoms. The van der Waals surface area contributed by atoms with Crippen LogP contribution in [0.15, 0.2) is 42.5 Å². The van der Waals surface area contributed by atoms with E-state index in [0.29, 0.717) is 6.42 Å². The van der Waals surface area contributed by atoms with Crippen molar-refractivity contribution < 1.29 is 4.79 Å². The Balaban J connectivity index is 1.93. The van der Waals surface area contributed by atoms with Crippen molar-refractivity contribution in [3.05, 3.63) is 62.7 Å². The van der Waals surface area contributed by atoms with E-state index in [9.17, 15) is 4.79 Å². The third-order valence-corrected chi connectivity index (χ3v) is 4.49. The largest absolute Gasteiger partial charge is 0.326 e. The number of nitrogens with two attached hydrogens (primary N) is 1. The van der Waals surface area contributed by atoms with Crippen LogP contribution in [0.4, 0.5) is 5.69 Å². The average molecular weight is 392 g/mol. The molecule has 4 heteroatoms. The van der Waals surface area contributed by atoms with Gasteiger partial charge in [-0.05, 0) is 70.3 Å². The molecule has 3 rings (SSSR count). The number of carbonyl (C=O) groups is 1. The monoisotopic (exact) mass is 392 g/mol. The quantitative estimate of drug-likeness (QED) is 0.768. The first-order valence-electron chi connectivity index (χ1n) is 7.07. The van der Waals surface area contributed by atoms with Gasteiger partial charge in [-0.3, -0.25) is 4.79 Å². The van der Waals surface area contributed by atoms with Crippen LogP contribution in [0, 0.1) is 3.57 Å². The molecule has 0 aromatic heterocycles. The van der Waals surface area contributed by atoms with Crippen LogP contribution in [0.3, 0.4) is 0 Å². The zero-order chi connectivity index (χ0) is 14.8. The van der Waals surface area contributed by atoms with E-state index in [1.165, 1.54) is 9.13 Å². The summed E-state index contributed by atoms with van der Waals surface area (Å²) in [7, 11) is 0. The van der Waals surface area contributed by atoms with Crippen molar-refractivity contribution in [2.24, 2.45) is 5.73 Å². The number of rotatable bonds is 2. The number of anilines is 1. The summed E-state index contributed by atoms with van der Waals surface area (Å²) in [5, 5.41) is 2.96. The highest BCUT2D eigenvalue weighted by atomic mass is 127. The molecule has 0 saturated heterocycles. The third kappa shape index (κ3) is 3.27. The Kier molecular flexibility index (Phi) is 4.26. The Bertz CT molecular complexity index is 684. The average Bonchev–Trinajstić information content (AvgIpc) is 2.66. The van der Waals surface area contributed by atoms with Crippen LogP contribution in [-0.2, 0) is 11.2 Å². The normalized spacial score (nSPS) is 15.8. The fourth-order valence-corrected chi connectivity index (χ4v) is 3.25. The summed E-state index contributed by atoms with van der Waals surface area (Å²) in [5.74, 6) is 0.100. The van der Waals surface area contributed by atoms with Crippen molar-refractivity contribution in [1.82, 2.24) is 0 Å². The van der Waals surface area contributed by atoms with Gasteiger partial charge in [0.15, 0.2) is 0 Å². The van der Waals surface area contributed by atoms with Crippen LogP contribution >= 0.6 is 22.6 Å². The minimum atomic E-state index is -0.135. The van der Waals surface area contributed by atoms with E-state index in [2.05, 4.69) is 52.2 Å². The predicted molar refractivity (Wildman–Crippen MR) is 93.2 cm³/mol. The number of aryl methyl sites for hydroxylation is 1. The van der Waals surface area contributed by atoms with Gasteiger partial charge in [-0.15, -0.1) is 0 Å². The van der Waals surface area contributed by atoms with Gasteiger partial charge in [0.05, 0.1) is 6.04 Å². The molecular weight excluding hydrogens is 375 g/mol. The lowest BCUT2D eigenvalue weighted by atomic mass is 9.96. The molecule has 108 valence electrons. The topological polar surface area (TPSA) is 55.1 Å². The molecule has 1 unspecified atom stereocenters. The number of nitrogens with one attached hydrogen (secondary N) is 1. The first-order valence-corrected chi connectivity index (χ1v) is 8.15. The van der Waals surface area contributed by atoms with Crippen molar-refractivity contribution in [1.29, 1.82) is 0 Å². The Labute approximate surface area is 138 Å². The molecule has 2 aromatic carbocycles. The number of amides is 1. The van der Waals surface area contributed by atoms with Gasteiger partial charge in [0.2, 0.25) is 5.91 Å². The lowest BCUT2D eigenvalue weighted by Gasteiger charge is -2.16. The van der Waals surface area contributed by atoms with Crippen LogP contribution in [0.1, 0.15) is 35.6 Å². The van der Waals surface area contributed by atoms with Gasteiger partial charge in [-0.1, -0.05) is 24.3 Å². The van der Waals surface area contributed by atoms with Crippen molar-refractivity contribution in [3.8, 4) is 0 Å². The van der Waals surface area contributed by atoms with Gasteiger partial charge in [-0.25, -0.2) is 0 Å². The molecular formula is C17H17IN2O. The number of benzene rings is 2. The zero-order valence-corrected chi connectivity index (χ0v) is 13.8. The molecule has 0 spiro atoms. The van der Waals surface area contributed by atoms with E-state index in [1.54, 1.807) is 0 Å². The first kappa shape index (κ1) is 14.5. The van der Waals surface area contributed by atoms with Crippen LogP contribution < -0.4 is 11.1 Å². The molecule has 1 heterocycles. The third-order valence-electron chi connectivity index (χ3n) is 3.82. The van der Waals surface area contributed by atoms with Crippen LogP contribution in [-0.4, -0.2) is 5.91 Å². The summed E-state index contributed by atoms with van der Waals surface area (Å²) in [5.41, 5.74) is 10.7. The molecule has 1 amide bonds. The SMILES string of the molecule is NC(c1cccc(I)c1)c1ccc2c(c1)CCCC(=O)N2. The molecule has 0 radical (unpaired) electrons. The lowest BCUT2D eigenvalue weighted by Crippen LogP contribution is -2.13. The van der Waals surface area contributed by atoms with E-state index in [1.807, 2.05) is 18.2 Å². The molecule has 1 aliphatic rings. The molecule has 2 aromatic rings. The molecule has 0 aliphatic carbocycles. The van der Waals surface area contributed by atoms with E-state index in [0.717, 1.165) is 29.7 Å². The number of carbonyl (C=O) groups excluding carboxylic acids is 1. The van der Waals surface area contributed by atoms with Gasteiger partial charge < -0.3 is 11.1 Å². The number of hydrogen-bond acceptors (Lipinski definition) is 2.